The molecule has 2 amide bonds. The highest BCUT2D eigenvalue weighted by Crippen LogP contribution is 2.34. The first-order chi connectivity index (χ1) is 19.0. The van der Waals surface area contributed by atoms with E-state index >= 15 is 0 Å². The van der Waals surface area contributed by atoms with Crippen LogP contribution in [0, 0.1) is 0 Å². The Hall–Kier alpha value is -2.69. The minimum atomic E-state index is -3.97. The van der Waals surface area contributed by atoms with E-state index in [2.05, 4.69) is 5.32 Å². The van der Waals surface area contributed by atoms with Gasteiger partial charge in [0.25, 0.3) is 0 Å². The normalized spacial score (nSPS) is 14.8. The molecule has 0 bridgehead atoms. The zero-order valence-electron chi connectivity index (χ0n) is 23.3. The van der Waals surface area contributed by atoms with Crippen molar-refractivity contribution in [2.75, 3.05) is 31.3 Å². The fraction of sp³-hybridized carbons (Fsp3) is 0.500. The van der Waals surface area contributed by atoms with Crippen molar-refractivity contribution in [1.29, 1.82) is 0 Å². The molecule has 0 unspecified atom stereocenters. The first-order valence-corrected chi connectivity index (χ1v) is 15.8. The van der Waals surface area contributed by atoms with Gasteiger partial charge >= 0.3 is 0 Å². The number of carbonyl (C=O) groups excluding carboxylic acids is 2. The number of methoxy groups -OCH3 is 2. The molecule has 1 aliphatic rings. The van der Waals surface area contributed by atoms with E-state index in [0.29, 0.717) is 27.8 Å². The molecule has 9 nitrogen and oxygen atoms in total. The van der Waals surface area contributed by atoms with Gasteiger partial charge in [-0.3, -0.25) is 13.9 Å². The molecule has 2 aromatic carbocycles. The number of hydrogen-bond donors (Lipinski definition) is 1. The van der Waals surface area contributed by atoms with Crippen molar-refractivity contribution in [3.63, 3.8) is 0 Å². The molecule has 1 N–H and O–H groups in total. The maximum atomic E-state index is 14.0. The summed E-state index contributed by atoms with van der Waals surface area (Å²) < 4.78 is 37.6. The zero-order chi connectivity index (χ0) is 29.4. The molecule has 0 aromatic heterocycles. The number of nitrogens with zero attached hydrogens (tertiary/aromatic N) is 2. The lowest BCUT2D eigenvalue weighted by Gasteiger charge is -2.34. The van der Waals surface area contributed by atoms with Crippen molar-refractivity contribution < 1.29 is 27.5 Å². The van der Waals surface area contributed by atoms with Crippen molar-refractivity contribution in [1.82, 2.24) is 10.2 Å². The lowest BCUT2D eigenvalue weighted by Crippen LogP contribution is -2.54. The zero-order valence-corrected chi connectivity index (χ0v) is 25.6. The predicted molar refractivity (Wildman–Crippen MR) is 158 cm³/mol. The topological polar surface area (TPSA) is 105 Å². The van der Waals surface area contributed by atoms with Gasteiger partial charge in [0.1, 0.15) is 24.1 Å². The highest BCUT2D eigenvalue weighted by Gasteiger charge is 2.34. The second-order valence-corrected chi connectivity index (χ2v) is 12.5. The molecule has 0 spiro atoms. The van der Waals surface area contributed by atoms with Crippen molar-refractivity contribution in [2.45, 2.75) is 64.1 Å². The van der Waals surface area contributed by atoms with Gasteiger partial charge in [-0.15, -0.1) is 0 Å². The lowest BCUT2D eigenvalue weighted by molar-refractivity contribution is -0.140. The van der Waals surface area contributed by atoms with Crippen LogP contribution in [0.5, 0.6) is 11.5 Å². The molecule has 0 aliphatic heterocycles. The third kappa shape index (κ3) is 7.95. The summed E-state index contributed by atoms with van der Waals surface area (Å²) in [5.74, 6) is -0.274. The number of nitrogens with one attached hydrogen (secondary N) is 1. The molecule has 12 heteroatoms. The summed E-state index contributed by atoms with van der Waals surface area (Å²) in [6, 6.07) is 8.81. The maximum Gasteiger partial charge on any atom is 0.244 e. The van der Waals surface area contributed by atoms with E-state index in [-0.39, 0.29) is 29.9 Å². The Labute approximate surface area is 246 Å². The molecular formula is C28H37Cl2N3O6S. The minimum Gasteiger partial charge on any atom is -0.497 e. The van der Waals surface area contributed by atoms with Gasteiger partial charge < -0.3 is 19.7 Å². The SMILES string of the molecule is CC[C@H](C(=O)NC1CCCCC1)N(Cc1c(Cl)cccc1Cl)C(=O)CN(c1cc(OC)ccc1OC)S(C)(=O)=O. The van der Waals surface area contributed by atoms with Gasteiger partial charge in [0.2, 0.25) is 21.8 Å². The summed E-state index contributed by atoms with van der Waals surface area (Å²) in [6.07, 6.45) is 6.26. The number of ether oxygens (including phenoxy) is 2. The van der Waals surface area contributed by atoms with Gasteiger partial charge in [-0.2, -0.15) is 0 Å². The van der Waals surface area contributed by atoms with Gasteiger partial charge in [0, 0.05) is 34.3 Å². The van der Waals surface area contributed by atoms with Crippen LogP contribution in [0.4, 0.5) is 5.69 Å². The largest absolute Gasteiger partial charge is 0.497 e. The van der Waals surface area contributed by atoms with E-state index in [1.807, 2.05) is 0 Å². The third-order valence-corrected chi connectivity index (χ3v) is 8.90. The van der Waals surface area contributed by atoms with Gasteiger partial charge in [0.05, 0.1) is 26.2 Å². The molecule has 0 saturated heterocycles. The highest BCUT2D eigenvalue weighted by atomic mass is 35.5. The van der Waals surface area contributed by atoms with E-state index in [1.54, 1.807) is 37.3 Å². The molecule has 40 heavy (non-hydrogen) atoms. The first-order valence-electron chi connectivity index (χ1n) is 13.2. The Morgan fingerprint density at radius 3 is 2.25 bits per heavy atom. The van der Waals surface area contributed by atoms with E-state index in [4.69, 9.17) is 32.7 Å². The summed E-state index contributed by atoms with van der Waals surface area (Å²) >= 11 is 12.9. The Morgan fingerprint density at radius 1 is 1.05 bits per heavy atom. The van der Waals surface area contributed by atoms with Crippen LogP contribution < -0.4 is 19.1 Å². The molecule has 1 saturated carbocycles. The van der Waals surface area contributed by atoms with Crippen LogP contribution in [0.1, 0.15) is 51.0 Å². The lowest BCUT2D eigenvalue weighted by atomic mass is 9.95. The average Bonchev–Trinajstić information content (AvgIpc) is 2.92. The molecule has 1 fully saturated rings. The minimum absolute atomic E-state index is 0.0321. The van der Waals surface area contributed by atoms with E-state index in [0.717, 1.165) is 42.7 Å². The number of benzene rings is 2. The second-order valence-electron chi connectivity index (χ2n) is 9.80. The standard InChI is InChI=1S/C28H37Cl2N3O6S/c1-5-24(28(35)31-19-10-7-6-8-11-19)32(17-21-22(29)12-9-13-23(21)30)27(34)18-33(40(4,36)37)25-16-20(38-2)14-15-26(25)39-3/h9,12-16,19,24H,5-8,10-11,17-18H2,1-4H3,(H,31,35)/t24-/m1/s1. The van der Waals surface area contributed by atoms with Gasteiger partial charge in [-0.1, -0.05) is 55.5 Å². The molecule has 2 aromatic rings. The van der Waals surface area contributed by atoms with Crippen molar-refractivity contribution in [3.05, 3.63) is 52.0 Å². The molecule has 3 rings (SSSR count). The van der Waals surface area contributed by atoms with Crippen LogP contribution in [0.2, 0.25) is 10.0 Å². The number of anilines is 1. The van der Waals surface area contributed by atoms with E-state index in [9.17, 15) is 18.0 Å². The van der Waals surface area contributed by atoms with Crippen molar-refractivity contribution >= 4 is 50.7 Å². The molecule has 1 aliphatic carbocycles. The Bertz CT molecular complexity index is 1280. The predicted octanol–water partition coefficient (Wildman–Crippen LogP) is 5.03. The van der Waals surface area contributed by atoms with Crippen LogP contribution in [0.25, 0.3) is 0 Å². The van der Waals surface area contributed by atoms with Gasteiger partial charge in [-0.05, 0) is 43.5 Å². The van der Waals surface area contributed by atoms with Crippen LogP contribution in [0.3, 0.4) is 0 Å². The Balaban J connectivity index is 2.02. The first kappa shape index (κ1) is 31.8. The summed E-state index contributed by atoms with van der Waals surface area (Å²) in [4.78, 5) is 28.9. The van der Waals surface area contributed by atoms with Crippen LogP contribution >= 0.6 is 23.2 Å². The fourth-order valence-electron chi connectivity index (χ4n) is 4.90. The molecule has 220 valence electrons. The number of amides is 2. The molecular weight excluding hydrogens is 577 g/mol. The smallest absolute Gasteiger partial charge is 0.244 e. The van der Waals surface area contributed by atoms with E-state index < -0.39 is 28.5 Å². The molecule has 0 heterocycles. The number of rotatable bonds is 12. The van der Waals surface area contributed by atoms with Crippen molar-refractivity contribution in [3.8, 4) is 11.5 Å². The van der Waals surface area contributed by atoms with Gasteiger partial charge in [-0.25, -0.2) is 8.42 Å². The Morgan fingerprint density at radius 2 is 1.70 bits per heavy atom. The maximum absolute atomic E-state index is 14.0. The number of halogens is 2. The number of carbonyl (C=O) groups is 2. The highest BCUT2D eigenvalue weighted by molar-refractivity contribution is 7.92. The average molecular weight is 615 g/mol. The molecule has 1 atom stereocenters. The van der Waals surface area contributed by atoms with E-state index in [1.165, 1.54) is 25.2 Å². The summed E-state index contributed by atoms with van der Waals surface area (Å²) in [6.45, 7) is 1.14. The fourth-order valence-corrected chi connectivity index (χ4v) is 6.27. The Kier molecular flexibility index (Phi) is 11.4. The van der Waals surface area contributed by atoms with Gasteiger partial charge in [0.15, 0.2) is 0 Å². The van der Waals surface area contributed by atoms with Crippen molar-refractivity contribution in [2.24, 2.45) is 0 Å². The third-order valence-electron chi connectivity index (χ3n) is 7.06. The van der Waals surface area contributed by atoms with Crippen LogP contribution in [-0.2, 0) is 26.2 Å². The monoisotopic (exact) mass is 613 g/mol. The van der Waals surface area contributed by atoms with Crippen LogP contribution in [-0.4, -0.2) is 64.2 Å². The second kappa shape index (κ2) is 14.3. The van der Waals surface area contributed by atoms with Crippen LogP contribution in [0.15, 0.2) is 36.4 Å². The summed E-state index contributed by atoms with van der Waals surface area (Å²) in [5.41, 5.74) is 0.598. The number of sulfonamides is 1. The molecule has 0 radical (unpaired) electrons. The summed E-state index contributed by atoms with van der Waals surface area (Å²) in [7, 11) is -1.11. The summed E-state index contributed by atoms with van der Waals surface area (Å²) in [5, 5.41) is 3.77. The quantitative estimate of drug-likeness (QED) is 0.360. The number of hydrogen-bond acceptors (Lipinski definition) is 6.